The van der Waals surface area contributed by atoms with Crippen LogP contribution in [0.4, 0.5) is 5.69 Å². The van der Waals surface area contributed by atoms with Gasteiger partial charge < -0.3 is 5.32 Å². The summed E-state index contributed by atoms with van der Waals surface area (Å²) in [5, 5.41) is 3.62. The molecule has 2 unspecified atom stereocenters. The topological polar surface area (TPSA) is 79.4 Å². The summed E-state index contributed by atoms with van der Waals surface area (Å²) in [5.74, 6) is -0.262. The predicted molar refractivity (Wildman–Crippen MR) is 118 cm³/mol. The summed E-state index contributed by atoms with van der Waals surface area (Å²) in [6.07, 6.45) is 4.48. The van der Waals surface area contributed by atoms with Gasteiger partial charge >= 0.3 is 0 Å². The van der Waals surface area contributed by atoms with Gasteiger partial charge in [0.25, 0.3) is 5.91 Å². The van der Waals surface area contributed by atoms with Crippen molar-refractivity contribution in [2.45, 2.75) is 50.1 Å². The number of amides is 1. The lowest BCUT2D eigenvalue weighted by molar-refractivity contribution is 0.102. The number of nitrogens with zero attached hydrogens (tertiary/aromatic N) is 2. The number of rotatable bonds is 4. The Morgan fingerprint density at radius 1 is 1.00 bits per heavy atom. The first-order valence-corrected chi connectivity index (χ1v) is 11.6. The fourth-order valence-electron chi connectivity index (χ4n) is 4.20. The summed E-state index contributed by atoms with van der Waals surface area (Å²) >= 11 is 0. The van der Waals surface area contributed by atoms with Crippen LogP contribution >= 0.6 is 0 Å². The first-order chi connectivity index (χ1) is 14.4. The van der Waals surface area contributed by atoms with E-state index in [1.165, 1.54) is 0 Å². The second-order valence-electron chi connectivity index (χ2n) is 7.82. The smallest absolute Gasteiger partial charge is 0.256 e. The SMILES string of the molecule is CC1CCCC(C)N1S(=O)(=O)c1ccc(NC(=O)c2cccc3ncccc23)cc1. The fourth-order valence-corrected chi connectivity index (χ4v) is 6.08. The van der Waals surface area contributed by atoms with E-state index in [0.29, 0.717) is 11.3 Å². The van der Waals surface area contributed by atoms with Crippen molar-refractivity contribution in [3.63, 3.8) is 0 Å². The number of hydrogen-bond acceptors (Lipinski definition) is 4. The van der Waals surface area contributed by atoms with Crippen LogP contribution in [0.2, 0.25) is 0 Å². The normalized spacial score (nSPS) is 20.2. The molecule has 7 heteroatoms. The molecule has 1 aromatic heterocycles. The predicted octanol–water partition coefficient (Wildman–Crippen LogP) is 4.44. The van der Waals surface area contributed by atoms with Crippen molar-refractivity contribution in [1.82, 2.24) is 9.29 Å². The summed E-state index contributed by atoms with van der Waals surface area (Å²) in [5.41, 5.74) is 1.81. The van der Waals surface area contributed by atoms with Crippen molar-refractivity contribution < 1.29 is 13.2 Å². The van der Waals surface area contributed by atoms with E-state index in [-0.39, 0.29) is 22.9 Å². The van der Waals surface area contributed by atoms with Gasteiger partial charge in [0, 0.05) is 34.9 Å². The molecule has 1 N–H and O–H groups in total. The summed E-state index contributed by atoms with van der Waals surface area (Å²) in [6, 6.07) is 15.4. The lowest BCUT2D eigenvalue weighted by Gasteiger charge is -2.37. The van der Waals surface area contributed by atoms with Crippen molar-refractivity contribution in [2.24, 2.45) is 0 Å². The Labute approximate surface area is 177 Å². The molecule has 1 fully saturated rings. The van der Waals surface area contributed by atoms with Gasteiger partial charge in [-0.25, -0.2) is 8.42 Å². The summed E-state index contributed by atoms with van der Waals surface area (Å²) in [6.45, 7) is 3.92. The minimum Gasteiger partial charge on any atom is -0.322 e. The number of benzene rings is 2. The van der Waals surface area contributed by atoms with E-state index in [1.54, 1.807) is 53.0 Å². The van der Waals surface area contributed by atoms with Crippen LogP contribution in [-0.2, 0) is 10.0 Å². The maximum atomic E-state index is 13.1. The average Bonchev–Trinajstić information content (AvgIpc) is 2.73. The number of piperidine rings is 1. The second-order valence-corrected chi connectivity index (χ2v) is 9.66. The van der Waals surface area contributed by atoms with Crippen LogP contribution in [-0.4, -0.2) is 35.7 Å². The third-order valence-corrected chi connectivity index (χ3v) is 7.83. The first kappa shape index (κ1) is 20.5. The number of carbonyl (C=O) groups excluding carboxylic acids is 1. The molecule has 30 heavy (non-hydrogen) atoms. The highest BCUT2D eigenvalue weighted by Crippen LogP contribution is 2.30. The molecule has 1 aliphatic rings. The highest BCUT2D eigenvalue weighted by Gasteiger charge is 2.35. The molecule has 1 saturated heterocycles. The first-order valence-electron chi connectivity index (χ1n) is 10.2. The monoisotopic (exact) mass is 423 g/mol. The molecule has 6 nitrogen and oxygen atoms in total. The van der Waals surface area contributed by atoms with Crippen molar-refractivity contribution >= 4 is 32.5 Å². The lowest BCUT2D eigenvalue weighted by atomic mass is 10.0. The molecule has 0 bridgehead atoms. The van der Waals surface area contributed by atoms with Gasteiger partial charge in [0.1, 0.15) is 0 Å². The van der Waals surface area contributed by atoms with Crippen LogP contribution in [0, 0.1) is 0 Å². The highest BCUT2D eigenvalue weighted by molar-refractivity contribution is 7.89. The minimum atomic E-state index is -3.57. The highest BCUT2D eigenvalue weighted by atomic mass is 32.2. The Hall–Kier alpha value is -2.77. The molecule has 2 aromatic carbocycles. The van der Waals surface area contributed by atoms with E-state index >= 15 is 0 Å². The number of anilines is 1. The molecular formula is C23H25N3O3S. The quantitative estimate of drug-likeness (QED) is 0.673. The van der Waals surface area contributed by atoms with Gasteiger partial charge in [-0.3, -0.25) is 9.78 Å². The average molecular weight is 424 g/mol. The van der Waals surface area contributed by atoms with Crippen molar-refractivity contribution in [3.8, 4) is 0 Å². The molecule has 1 aliphatic heterocycles. The van der Waals surface area contributed by atoms with Crippen LogP contribution < -0.4 is 5.32 Å². The minimum absolute atomic E-state index is 0.0156. The molecule has 0 saturated carbocycles. The molecule has 2 heterocycles. The zero-order valence-electron chi connectivity index (χ0n) is 17.1. The van der Waals surface area contributed by atoms with E-state index in [0.717, 1.165) is 30.2 Å². The molecular weight excluding hydrogens is 398 g/mol. The Kier molecular flexibility index (Phi) is 5.58. The van der Waals surface area contributed by atoms with E-state index in [1.807, 2.05) is 26.0 Å². The Morgan fingerprint density at radius 2 is 1.70 bits per heavy atom. The van der Waals surface area contributed by atoms with Gasteiger partial charge in [0.2, 0.25) is 10.0 Å². The van der Waals surface area contributed by atoms with Crippen LogP contribution in [0.5, 0.6) is 0 Å². The molecule has 0 radical (unpaired) electrons. The van der Waals surface area contributed by atoms with Gasteiger partial charge in [0.05, 0.1) is 10.4 Å². The van der Waals surface area contributed by atoms with E-state index in [9.17, 15) is 13.2 Å². The van der Waals surface area contributed by atoms with Gasteiger partial charge in [-0.05, 0) is 69.2 Å². The Balaban J connectivity index is 1.56. The molecule has 3 aromatic rings. The number of hydrogen-bond donors (Lipinski definition) is 1. The van der Waals surface area contributed by atoms with Crippen LogP contribution in [0.1, 0.15) is 43.5 Å². The standard InChI is InChI=1S/C23H25N3O3S/c1-16-6-3-7-17(2)26(16)30(28,29)19-13-11-18(12-14-19)25-23(27)21-8-4-10-22-20(21)9-5-15-24-22/h4-5,8-17H,3,6-7H2,1-2H3,(H,25,27). The summed E-state index contributed by atoms with van der Waals surface area (Å²) < 4.78 is 27.9. The van der Waals surface area contributed by atoms with Gasteiger partial charge in [-0.15, -0.1) is 0 Å². The molecule has 4 rings (SSSR count). The molecule has 1 amide bonds. The van der Waals surface area contributed by atoms with Gasteiger partial charge in [-0.2, -0.15) is 4.31 Å². The number of carbonyl (C=O) groups is 1. The van der Waals surface area contributed by atoms with Crippen LogP contribution in [0.3, 0.4) is 0 Å². The summed E-state index contributed by atoms with van der Waals surface area (Å²) in [4.78, 5) is 17.3. The maximum absolute atomic E-state index is 13.1. The molecule has 0 spiro atoms. The summed E-state index contributed by atoms with van der Waals surface area (Å²) in [7, 11) is -3.57. The maximum Gasteiger partial charge on any atom is 0.256 e. The van der Waals surface area contributed by atoms with E-state index in [2.05, 4.69) is 10.3 Å². The number of aromatic nitrogens is 1. The number of fused-ring (bicyclic) bond motifs is 1. The number of sulfonamides is 1. The zero-order chi connectivity index (χ0) is 21.3. The van der Waals surface area contributed by atoms with Crippen molar-refractivity contribution in [3.05, 3.63) is 66.4 Å². The third-order valence-electron chi connectivity index (χ3n) is 5.69. The number of nitrogens with one attached hydrogen (secondary N) is 1. The molecule has 156 valence electrons. The Morgan fingerprint density at radius 3 is 2.40 bits per heavy atom. The van der Waals surface area contributed by atoms with Crippen molar-refractivity contribution in [1.29, 1.82) is 0 Å². The lowest BCUT2D eigenvalue weighted by Crippen LogP contribution is -2.47. The largest absolute Gasteiger partial charge is 0.322 e. The third kappa shape index (κ3) is 3.82. The van der Waals surface area contributed by atoms with E-state index < -0.39 is 10.0 Å². The van der Waals surface area contributed by atoms with Crippen LogP contribution in [0.15, 0.2) is 65.7 Å². The zero-order valence-corrected chi connectivity index (χ0v) is 17.9. The van der Waals surface area contributed by atoms with Gasteiger partial charge in [-0.1, -0.05) is 18.6 Å². The molecule has 0 aliphatic carbocycles. The van der Waals surface area contributed by atoms with Crippen LogP contribution in [0.25, 0.3) is 10.9 Å². The second kappa shape index (κ2) is 8.16. The van der Waals surface area contributed by atoms with Gasteiger partial charge in [0.15, 0.2) is 0 Å². The van der Waals surface area contributed by atoms with E-state index in [4.69, 9.17) is 0 Å². The van der Waals surface area contributed by atoms with Crippen molar-refractivity contribution in [2.75, 3.05) is 5.32 Å². The molecule has 2 atom stereocenters. The fraction of sp³-hybridized carbons (Fsp3) is 0.304. The Bertz CT molecular complexity index is 1160. The number of pyridine rings is 1.